The Morgan fingerprint density at radius 2 is 1.90 bits per heavy atom. The van der Waals surface area contributed by atoms with Gasteiger partial charge in [-0.2, -0.15) is 0 Å². The number of hydrogen-bond acceptors (Lipinski definition) is 3. The summed E-state index contributed by atoms with van der Waals surface area (Å²) in [6.45, 7) is 4.38. The van der Waals surface area contributed by atoms with Crippen LogP contribution in [0.25, 0.3) is 27.8 Å². The van der Waals surface area contributed by atoms with E-state index in [1.54, 1.807) is 6.33 Å². The van der Waals surface area contributed by atoms with Gasteiger partial charge in [-0.3, -0.25) is 0 Å². The Hall–Kier alpha value is -2.85. The van der Waals surface area contributed by atoms with Crippen LogP contribution >= 0.6 is 11.6 Å². The average molecular weight is 403 g/mol. The lowest BCUT2D eigenvalue weighted by Gasteiger charge is -2.32. The first-order valence-electron chi connectivity index (χ1n) is 10.1. The number of fused-ring (bicyclic) bond motifs is 1. The number of aromatic nitrogens is 3. The smallest absolute Gasteiger partial charge is 0.150 e. The van der Waals surface area contributed by atoms with Crippen molar-refractivity contribution in [2.75, 3.05) is 18.0 Å². The predicted molar refractivity (Wildman–Crippen MR) is 120 cm³/mol. The number of hydrogen-bond donors (Lipinski definition) is 0. The topological polar surface area (TPSA) is 34.0 Å². The molecule has 0 amide bonds. The molecule has 2 aromatic heterocycles. The maximum absolute atomic E-state index is 6.28. The number of anilines is 1. The van der Waals surface area contributed by atoms with E-state index in [9.17, 15) is 0 Å². The van der Waals surface area contributed by atoms with Gasteiger partial charge in [-0.1, -0.05) is 54.9 Å². The van der Waals surface area contributed by atoms with Crippen LogP contribution < -0.4 is 4.90 Å². The van der Waals surface area contributed by atoms with Gasteiger partial charge in [0.15, 0.2) is 5.65 Å². The molecule has 4 nitrogen and oxygen atoms in total. The van der Waals surface area contributed by atoms with Gasteiger partial charge < -0.3 is 9.47 Å². The minimum absolute atomic E-state index is 0.670. The van der Waals surface area contributed by atoms with Gasteiger partial charge in [0.05, 0.1) is 5.39 Å². The number of rotatable bonds is 3. The second kappa shape index (κ2) is 7.53. The minimum Gasteiger partial charge on any atom is -0.356 e. The Morgan fingerprint density at radius 3 is 2.69 bits per heavy atom. The fraction of sp³-hybridized carbons (Fsp3) is 0.250. The monoisotopic (exact) mass is 402 g/mol. The van der Waals surface area contributed by atoms with Crippen LogP contribution in [-0.2, 0) is 0 Å². The fourth-order valence-electron chi connectivity index (χ4n) is 4.33. The molecule has 5 rings (SSSR count). The molecular formula is C24H23ClN4. The number of piperidine rings is 1. The zero-order valence-electron chi connectivity index (χ0n) is 16.4. The normalized spacial score (nSPS) is 17.0. The van der Waals surface area contributed by atoms with Crippen molar-refractivity contribution in [3.05, 3.63) is 72.1 Å². The summed E-state index contributed by atoms with van der Waals surface area (Å²) in [4.78, 5) is 11.9. The molecule has 0 unspecified atom stereocenters. The van der Waals surface area contributed by atoms with E-state index in [2.05, 4.69) is 57.9 Å². The third kappa shape index (κ3) is 3.38. The Balaban J connectivity index is 1.77. The SMILES string of the molecule is C[C@H]1CCCN(c2ncnc3c2c(-c2ccccc2)cn3-c2cccc(Cl)c2)C1. The van der Waals surface area contributed by atoms with Gasteiger partial charge in [0, 0.05) is 35.6 Å². The Bertz CT molecular complexity index is 1150. The molecule has 1 aliphatic rings. The molecule has 0 aliphatic carbocycles. The highest BCUT2D eigenvalue weighted by atomic mass is 35.5. The third-order valence-electron chi connectivity index (χ3n) is 5.69. The standard InChI is InChI=1S/C24H23ClN4/c1-17-7-6-12-28(14-17)23-22-21(18-8-3-2-4-9-18)15-29(24(22)27-16-26-23)20-11-5-10-19(25)13-20/h2-5,8-11,13,15-17H,6-7,12,14H2,1H3/t17-/m0/s1. The summed E-state index contributed by atoms with van der Waals surface area (Å²) >= 11 is 6.28. The van der Waals surface area contributed by atoms with Crippen LogP contribution in [0.4, 0.5) is 5.82 Å². The molecule has 146 valence electrons. The minimum atomic E-state index is 0.670. The molecule has 0 bridgehead atoms. The van der Waals surface area contributed by atoms with Crippen LogP contribution in [0.15, 0.2) is 67.1 Å². The van der Waals surface area contributed by atoms with E-state index in [4.69, 9.17) is 16.6 Å². The summed E-state index contributed by atoms with van der Waals surface area (Å²) in [7, 11) is 0. The van der Waals surface area contributed by atoms with Crippen molar-refractivity contribution < 1.29 is 0 Å². The van der Waals surface area contributed by atoms with Crippen molar-refractivity contribution in [1.29, 1.82) is 0 Å². The largest absolute Gasteiger partial charge is 0.356 e. The number of nitrogens with zero attached hydrogens (tertiary/aromatic N) is 4. The fourth-order valence-corrected chi connectivity index (χ4v) is 4.51. The lowest BCUT2D eigenvalue weighted by atomic mass is 9.99. The van der Waals surface area contributed by atoms with Crippen molar-refractivity contribution in [2.24, 2.45) is 5.92 Å². The van der Waals surface area contributed by atoms with E-state index >= 15 is 0 Å². The first-order chi connectivity index (χ1) is 14.2. The van der Waals surface area contributed by atoms with Crippen molar-refractivity contribution >= 4 is 28.5 Å². The molecule has 0 radical (unpaired) electrons. The van der Waals surface area contributed by atoms with Crippen molar-refractivity contribution in [3.8, 4) is 16.8 Å². The zero-order valence-corrected chi connectivity index (χ0v) is 17.2. The second-order valence-corrected chi connectivity index (χ2v) is 8.28. The van der Waals surface area contributed by atoms with Gasteiger partial charge in [0.1, 0.15) is 12.1 Å². The van der Waals surface area contributed by atoms with Gasteiger partial charge in [-0.25, -0.2) is 9.97 Å². The molecule has 5 heteroatoms. The highest BCUT2D eigenvalue weighted by molar-refractivity contribution is 6.30. The summed E-state index contributed by atoms with van der Waals surface area (Å²) in [6.07, 6.45) is 6.33. The van der Waals surface area contributed by atoms with Gasteiger partial charge in [0.2, 0.25) is 0 Å². The lowest BCUT2D eigenvalue weighted by molar-refractivity contribution is 0.445. The summed E-state index contributed by atoms with van der Waals surface area (Å²) in [5, 5.41) is 1.82. The van der Waals surface area contributed by atoms with Crippen molar-refractivity contribution in [3.63, 3.8) is 0 Å². The van der Waals surface area contributed by atoms with E-state index in [0.717, 1.165) is 41.2 Å². The third-order valence-corrected chi connectivity index (χ3v) is 5.93. The molecule has 0 spiro atoms. The van der Waals surface area contributed by atoms with Gasteiger partial charge in [0.25, 0.3) is 0 Å². The molecular weight excluding hydrogens is 380 g/mol. The van der Waals surface area contributed by atoms with E-state index in [0.29, 0.717) is 10.9 Å². The van der Waals surface area contributed by atoms with Crippen LogP contribution in [-0.4, -0.2) is 27.6 Å². The van der Waals surface area contributed by atoms with Crippen LogP contribution in [0.2, 0.25) is 5.02 Å². The Kier molecular flexibility index (Phi) is 4.72. The predicted octanol–water partition coefficient (Wildman–Crippen LogP) is 5.98. The molecule has 1 fully saturated rings. The molecule has 0 saturated carbocycles. The quantitative estimate of drug-likeness (QED) is 0.423. The summed E-state index contributed by atoms with van der Waals surface area (Å²) in [5.41, 5.74) is 4.23. The van der Waals surface area contributed by atoms with E-state index < -0.39 is 0 Å². The van der Waals surface area contributed by atoms with Crippen LogP contribution in [0.5, 0.6) is 0 Å². The first-order valence-corrected chi connectivity index (χ1v) is 10.5. The Morgan fingerprint density at radius 1 is 1.03 bits per heavy atom. The lowest BCUT2D eigenvalue weighted by Crippen LogP contribution is -2.35. The molecule has 1 saturated heterocycles. The molecule has 2 aromatic carbocycles. The van der Waals surface area contributed by atoms with Crippen LogP contribution in [0, 0.1) is 5.92 Å². The summed E-state index contributed by atoms with van der Waals surface area (Å²) in [6, 6.07) is 18.4. The zero-order chi connectivity index (χ0) is 19.8. The molecule has 0 N–H and O–H groups in total. The second-order valence-electron chi connectivity index (χ2n) is 7.85. The van der Waals surface area contributed by atoms with E-state index in [1.165, 1.54) is 18.4 Å². The molecule has 1 atom stereocenters. The number of halogens is 1. The molecule has 1 aliphatic heterocycles. The summed E-state index contributed by atoms with van der Waals surface area (Å²) < 4.78 is 2.13. The molecule has 3 heterocycles. The van der Waals surface area contributed by atoms with Gasteiger partial charge in [-0.15, -0.1) is 0 Å². The van der Waals surface area contributed by atoms with Gasteiger partial charge in [-0.05, 0) is 42.5 Å². The van der Waals surface area contributed by atoms with E-state index in [-0.39, 0.29) is 0 Å². The van der Waals surface area contributed by atoms with Crippen molar-refractivity contribution in [2.45, 2.75) is 19.8 Å². The average Bonchev–Trinajstić information content (AvgIpc) is 3.14. The maximum atomic E-state index is 6.28. The highest BCUT2D eigenvalue weighted by Gasteiger charge is 2.24. The first kappa shape index (κ1) is 18.2. The molecule has 29 heavy (non-hydrogen) atoms. The van der Waals surface area contributed by atoms with Crippen LogP contribution in [0.1, 0.15) is 19.8 Å². The van der Waals surface area contributed by atoms with Crippen molar-refractivity contribution in [1.82, 2.24) is 14.5 Å². The Labute approximate surface area is 175 Å². The highest BCUT2D eigenvalue weighted by Crippen LogP contribution is 2.38. The number of benzene rings is 2. The summed E-state index contributed by atoms with van der Waals surface area (Å²) in [5.74, 6) is 1.70. The van der Waals surface area contributed by atoms with Gasteiger partial charge >= 0.3 is 0 Å². The molecule has 4 aromatic rings. The van der Waals surface area contributed by atoms with E-state index in [1.807, 2.05) is 24.3 Å². The van der Waals surface area contributed by atoms with Crippen LogP contribution in [0.3, 0.4) is 0 Å². The maximum Gasteiger partial charge on any atom is 0.150 e.